The summed E-state index contributed by atoms with van der Waals surface area (Å²) in [6, 6.07) is 14.5. The van der Waals surface area contributed by atoms with Gasteiger partial charge in [0.1, 0.15) is 5.92 Å². The second kappa shape index (κ2) is 7.04. The third kappa shape index (κ3) is 3.49. The first-order valence-corrected chi connectivity index (χ1v) is 7.53. The lowest BCUT2D eigenvalue weighted by Gasteiger charge is -2.18. The fraction of sp³-hybridized carbons (Fsp3) is 0.188. The number of carbonyl (C=O) groups excluding carboxylic acids is 1. The SMILES string of the molecule is N#CC(C#N)[C@@H](CC(=O)c1cccs1)c1ccccc1Cl. The molecule has 1 heterocycles. The van der Waals surface area contributed by atoms with Gasteiger partial charge >= 0.3 is 0 Å². The highest BCUT2D eigenvalue weighted by Crippen LogP contribution is 2.34. The first-order valence-electron chi connectivity index (χ1n) is 6.27. The molecule has 3 nitrogen and oxygen atoms in total. The number of benzene rings is 1. The number of hydrogen-bond donors (Lipinski definition) is 0. The number of carbonyl (C=O) groups is 1. The van der Waals surface area contributed by atoms with Crippen LogP contribution in [0.4, 0.5) is 0 Å². The molecule has 0 amide bonds. The maximum atomic E-state index is 12.3. The standard InChI is InChI=1S/C16H11ClN2OS/c17-14-5-2-1-4-12(14)13(11(9-18)10-19)8-15(20)16-6-3-7-21-16/h1-7,11,13H,8H2/t13-/m1/s1. The molecule has 104 valence electrons. The van der Waals surface area contributed by atoms with E-state index < -0.39 is 11.8 Å². The number of hydrogen-bond acceptors (Lipinski definition) is 4. The van der Waals surface area contributed by atoms with Crippen LogP contribution in [0.2, 0.25) is 5.02 Å². The Morgan fingerprint density at radius 1 is 1.19 bits per heavy atom. The second-order valence-electron chi connectivity index (χ2n) is 4.47. The summed E-state index contributed by atoms with van der Waals surface area (Å²) in [5, 5.41) is 20.6. The molecule has 1 aromatic carbocycles. The lowest BCUT2D eigenvalue weighted by molar-refractivity contribution is 0.0975. The van der Waals surface area contributed by atoms with Crippen molar-refractivity contribution in [2.75, 3.05) is 0 Å². The number of nitrogens with zero attached hydrogens (tertiary/aromatic N) is 2. The molecule has 0 radical (unpaired) electrons. The molecule has 0 aliphatic heterocycles. The quantitative estimate of drug-likeness (QED) is 0.767. The van der Waals surface area contributed by atoms with E-state index in [0.29, 0.717) is 15.5 Å². The summed E-state index contributed by atoms with van der Waals surface area (Å²) in [4.78, 5) is 12.9. The maximum absolute atomic E-state index is 12.3. The van der Waals surface area contributed by atoms with Gasteiger partial charge in [0.05, 0.1) is 17.0 Å². The predicted molar refractivity (Wildman–Crippen MR) is 82.2 cm³/mol. The second-order valence-corrected chi connectivity index (χ2v) is 5.82. The molecule has 1 atom stereocenters. The average Bonchev–Trinajstić information content (AvgIpc) is 3.02. The Bertz CT molecular complexity index is 699. The summed E-state index contributed by atoms with van der Waals surface area (Å²) >= 11 is 7.51. The van der Waals surface area contributed by atoms with Crippen molar-refractivity contribution in [1.29, 1.82) is 10.5 Å². The maximum Gasteiger partial charge on any atom is 0.173 e. The van der Waals surface area contributed by atoms with Crippen molar-refractivity contribution in [3.8, 4) is 12.1 Å². The van der Waals surface area contributed by atoms with Gasteiger partial charge in [0.25, 0.3) is 0 Å². The summed E-state index contributed by atoms with van der Waals surface area (Å²) in [5.41, 5.74) is 0.664. The lowest BCUT2D eigenvalue weighted by Crippen LogP contribution is -2.15. The van der Waals surface area contributed by atoms with Crippen molar-refractivity contribution in [3.05, 3.63) is 57.2 Å². The van der Waals surface area contributed by atoms with Crippen molar-refractivity contribution in [3.63, 3.8) is 0 Å². The number of rotatable bonds is 5. The van der Waals surface area contributed by atoms with Gasteiger partial charge in [0, 0.05) is 17.4 Å². The van der Waals surface area contributed by atoms with Gasteiger partial charge in [-0.15, -0.1) is 11.3 Å². The van der Waals surface area contributed by atoms with Gasteiger partial charge in [0.2, 0.25) is 0 Å². The molecule has 1 aromatic heterocycles. The van der Waals surface area contributed by atoms with E-state index in [9.17, 15) is 4.79 Å². The first-order chi connectivity index (χ1) is 10.2. The zero-order valence-electron chi connectivity index (χ0n) is 11.0. The number of ketones is 1. The van der Waals surface area contributed by atoms with Crippen LogP contribution < -0.4 is 0 Å². The largest absolute Gasteiger partial charge is 0.293 e. The summed E-state index contributed by atoms with van der Waals surface area (Å²) < 4.78 is 0. The molecule has 21 heavy (non-hydrogen) atoms. The Kier molecular flexibility index (Phi) is 5.11. The topological polar surface area (TPSA) is 64.7 Å². The lowest BCUT2D eigenvalue weighted by atomic mass is 9.83. The van der Waals surface area contributed by atoms with Gasteiger partial charge in [-0.1, -0.05) is 35.9 Å². The first kappa shape index (κ1) is 15.3. The van der Waals surface area contributed by atoms with E-state index in [1.807, 2.05) is 17.5 Å². The Labute approximate surface area is 132 Å². The van der Waals surface area contributed by atoms with Gasteiger partial charge in [-0.05, 0) is 23.1 Å². The minimum atomic E-state index is -0.909. The third-order valence-electron chi connectivity index (χ3n) is 3.19. The molecular formula is C16H11ClN2OS. The molecule has 0 spiro atoms. The molecule has 0 saturated heterocycles. The van der Waals surface area contributed by atoms with Gasteiger partial charge in [0.15, 0.2) is 5.78 Å². The zero-order chi connectivity index (χ0) is 15.2. The van der Waals surface area contributed by atoms with Crippen LogP contribution in [-0.2, 0) is 0 Å². The molecule has 0 aliphatic carbocycles. The van der Waals surface area contributed by atoms with Crippen LogP contribution in [-0.4, -0.2) is 5.78 Å². The number of thiophene rings is 1. The van der Waals surface area contributed by atoms with E-state index in [2.05, 4.69) is 0 Å². The zero-order valence-corrected chi connectivity index (χ0v) is 12.6. The summed E-state index contributed by atoms with van der Waals surface area (Å²) in [6.45, 7) is 0. The van der Waals surface area contributed by atoms with E-state index in [-0.39, 0.29) is 12.2 Å². The van der Waals surface area contributed by atoms with Crippen molar-refractivity contribution < 1.29 is 4.79 Å². The Balaban J connectivity index is 2.34. The minimum absolute atomic E-state index is 0.0783. The van der Waals surface area contributed by atoms with Crippen LogP contribution in [0, 0.1) is 28.6 Å². The van der Waals surface area contributed by atoms with Crippen LogP contribution in [0.1, 0.15) is 27.6 Å². The van der Waals surface area contributed by atoms with Crippen LogP contribution in [0.5, 0.6) is 0 Å². The molecule has 5 heteroatoms. The van der Waals surface area contributed by atoms with E-state index in [4.69, 9.17) is 22.1 Å². The number of halogens is 1. The van der Waals surface area contributed by atoms with Gasteiger partial charge in [-0.25, -0.2) is 0 Å². The van der Waals surface area contributed by atoms with Crippen molar-refractivity contribution in [2.45, 2.75) is 12.3 Å². The van der Waals surface area contributed by atoms with E-state index in [0.717, 1.165) is 0 Å². The van der Waals surface area contributed by atoms with E-state index in [1.165, 1.54) is 11.3 Å². The molecule has 0 N–H and O–H groups in total. The van der Waals surface area contributed by atoms with Crippen molar-refractivity contribution in [1.82, 2.24) is 0 Å². The Hall–Kier alpha value is -2.14. The smallest absolute Gasteiger partial charge is 0.173 e. The van der Waals surface area contributed by atoms with Crippen LogP contribution in [0.15, 0.2) is 41.8 Å². The summed E-state index contributed by atoms with van der Waals surface area (Å²) in [6.07, 6.45) is 0.0933. The molecule has 2 rings (SSSR count). The fourth-order valence-corrected chi connectivity index (χ4v) is 3.08. The molecule has 2 aromatic rings. The van der Waals surface area contributed by atoms with Crippen LogP contribution >= 0.6 is 22.9 Å². The number of nitriles is 2. The van der Waals surface area contributed by atoms with Crippen molar-refractivity contribution >= 4 is 28.7 Å². The van der Waals surface area contributed by atoms with Gasteiger partial charge < -0.3 is 0 Å². The highest BCUT2D eigenvalue weighted by atomic mass is 35.5. The highest BCUT2D eigenvalue weighted by Gasteiger charge is 2.28. The predicted octanol–water partition coefficient (Wildman–Crippen LogP) is 4.42. The Morgan fingerprint density at radius 2 is 1.90 bits per heavy atom. The molecule has 0 unspecified atom stereocenters. The molecule has 0 bridgehead atoms. The highest BCUT2D eigenvalue weighted by molar-refractivity contribution is 7.12. The third-order valence-corrected chi connectivity index (χ3v) is 4.44. The monoisotopic (exact) mass is 314 g/mol. The van der Waals surface area contributed by atoms with E-state index in [1.54, 1.807) is 36.4 Å². The normalized spacial score (nSPS) is 11.6. The molecular weight excluding hydrogens is 304 g/mol. The van der Waals surface area contributed by atoms with Crippen LogP contribution in [0.25, 0.3) is 0 Å². The van der Waals surface area contributed by atoms with Crippen molar-refractivity contribution in [2.24, 2.45) is 5.92 Å². The van der Waals surface area contributed by atoms with Gasteiger partial charge in [-0.2, -0.15) is 10.5 Å². The van der Waals surface area contributed by atoms with E-state index >= 15 is 0 Å². The molecule has 0 fully saturated rings. The molecule has 0 aliphatic rings. The average molecular weight is 315 g/mol. The minimum Gasteiger partial charge on any atom is -0.293 e. The van der Waals surface area contributed by atoms with Crippen LogP contribution in [0.3, 0.4) is 0 Å². The fourth-order valence-electron chi connectivity index (χ4n) is 2.13. The number of Topliss-reactive ketones (excluding diaryl/α,β-unsaturated/α-hetero) is 1. The Morgan fingerprint density at radius 3 is 2.48 bits per heavy atom. The van der Waals surface area contributed by atoms with Gasteiger partial charge in [-0.3, -0.25) is 4.79 Å². The molecule has 0 saturated carbocycles. The summed E-state index contributed by atoms with van der Waals surface area (Å²) in [7, 11) is 0. The summed E-state index contributed by atoms with van der Waals surface area (Å²) in [5.74, 6) is -1.51.